The Bertz CT molecular complexity index is 1280. The van der Waals surface area contributed by atoms with Crippen molar-refractivity contribution >= 4 is 50.4 Å². The molecule has 0 aliphatic heterocycles. The van der Waals surface area contributed by atoms with Gasteiger partial charge in [-0.05, 0) is 55.0 Å². The van der Waals surface area contributed by atoms with Crippen molar-refractivity contribution in [1.29, 1.82) is 0 Å². The second-order valence-corrected chi connectivity index (χ2v) is 7.82. The number of carbonyl (C=O) groups excluding carboxylic acids is 1. The summed E-state index contributed by atoms with van der Waals surface area (Å²) in [6.45, 7) is 1.88. The lowest BCUT2D eigenvalue weighted by Gasteiger charge is -2.08. The molecule has 1 aromatic heterocycles. The van der Waals surface area contributed by atoms with Crippen LogP contribution in [0.1, 0.15) is 21.7 Å². The quantitative estimate of drug-likeness (QED) is 0.333. The molecule has 7 heteroatoms. The van der Waals surface area contributed by atoms with Gasteiger partial charge in [-0.2, -0.15) is 0 Å². The van der Waals surface area contributed by atoms with Crippen molar-refractivity contribution in [3.8, 4) is 11.5 Å². The first-order chi connectivity index (χ1) is 14.9. The summed E-state index contributed by atoms with van der Waals surface area (Å²) >= 11 is 3.39. The van der Waals surface area contributed by atoms with Gasteiger partial charge in [0.2, 0.25) is 0 Å². The second-order valence-electron chi connectivity index (χ2n) is 6.91. The normalized spacial score (nSPS) is 11.2. The fraction of sp³-hybridized carbons (Fsp3) is 0.0833. The minimum atomic E-state index is -0.318. The van der Waals surface area contributed by atoms with Crippen LogP contribution in [-0.2, 0) is 0 Å². The number of ether oxygens (including phenoxy) is 1. The average molecular weight is 479 g/mol. The number of rotatable bonds is 5. The van der Waals surface area contributed by atoms with Gasteiger partial charge in [-0.15, -0.1) is 0 Å². The smallest absolute Gasteiger partial charge is 0.291 e. The Hall–Kier alpha value is -3.58. The topological polar surface area (TPSA) is 84.1 Å². The monoisotopic (exact) mass is 478 g/mol. The number of nitrogens with one attached hydrogen (secondary N) is 1. The SMILES string of the molecule is COc1cc(Br)cc(C=Nc2ccc(NC(=O)c3cc4ccccc4o3)c(C)c2)c1O. The third-order valence-corrected chi connectivity index (χ3v) is 5.21. The number of aliphatic imine (C=N–C) groups is 1. The van der Waals surface area contributed by atoms with Crippen LogP contribution in [0.5, 0.6) is 11.5 Å². The van der Waals surface area contributed by atoms with Gasteiger partial charge in [0.15, 0.2) is 17.3 Å². The van der Waals surface area contributed by atoms with Crippen LogP contribution in [0.4, 0.5) is 11.4 Å². The van der Waals surface area contributed by atoms with E-state index in [-0.39, 0.29) is 17.4 Å². The lowest BCUT2D eigenvalue weighted by Crippen LogP contribution is -2.11. The molecular weight excluding hydrogens is 460 g/mol. The number of anilines is 1. The van der Waals surface area contributed by atoms with Crippen molar-refractivity contribution in [2.75, 3.05) is 12.4 Å². The third kappa shape index (κ3) is 4.46. The molecule has 0 fully saturated rings. The molecular formula is C24H19BrN2O4. The molecule has 0 spiro atoms. The molecule has 0 bridgehead atoms. The van der Waals surface area contributed by atoms with E-state index in [1.807, 2.05) is 37.3 Å². The largest absolute Gasteiger partial charge is 0.504 e. The first-order valence-corrected chi connectivity index (χ1v) is 10.2. The van der Waals surface area contributed by atoms with E-state index in [1.165, 1.54) is 7.11 Å². The molecule has 0 aliphatic carbocycles. The van der Waals surface area contributed by atoms with Gasteiger partial charge in [0.05, 0.1) is 12.8 Å². The number of para-hydroxylation sites is 1. The van der Waals surface area contributed by atoms with Gasteiger partial charge in [-0.3, -0.25) is 9.79 Å². The Kier molecular flexibility index (Phi) is 5.77. The number of hydrogen-bond donors (Lipinski definition) is 2. The average Bonchev–Trinajstić information content (AvgIpc) is 3.20. The number of furan rings is 1. The zero-order valence-corrected chi connectivity index (χ0v) is 18.4. The number of phenols is 1. The second kappa shape index (κ2) is 8.65. The van der Waals surface area contributed by atoms with E-state index < -0.39 is 0 Å². The van der Waals surface area contributed by atoms with Gasteiger partial charge in [0, 0.05) is 27.3 Å². The minimum Gasteiger partial charge on any atom is -0.504 e. The summed E-state index contributed by atoms with van der Waals surface area (Å²) in [7, 11) is 1.49. The van der Waals surface area contributed by atoms with Crippen LogP contribution >= 0.6 is 15.9 Å². The maximum Gasteiger partial charge on any atom is 0.291 e. The minimum absolute atomic E-state index is 0.0147. The first kappa shape index (κ1) is 20.7. The van der Waals surface area contributed by atoms with E-state index in [2.05, 4.69) is 26.2 Å². The van der Waals surface area contributed by atoms with E-state index in [0.29, 0.717) is 28.3 Å². The standard InChI is InChI=1S/C24H19BrN2O4/c1-14-9-18(26-13-16-10-17(25)12-21(30-2)23(16)28)7-8-19(14)27-24(29)22-11-15-5-3-4-6-20(15)31-22/h3-13,28H,1-2H3,(H,27,29). The summed E-state index contributed by atoms with van der Waals surface area (Å²) in [4.78, 5) is 17.0. The molecule has 0 radical (unpaired) electrons. The maximum atomic E-state index is 12.6. The number of phenolic OH excluding ortho intramolecular Hbond substituents is 1. The molecule has 1 amide bonds. The molecule has 6 nitrogen and oxygen atoms in total. The van der Waals surface area contributed by atoms with Crippen LogP contribution in [0.25, 0.3) is 11.0 Å². The Labute approximate surface area is 187 Å². The molecule has 156 valence electrons. The zero-order valence-electron chi connectivity index (χ0n) is 16.8. The number of fused-ring (bicyclic) bond motifs is 1. The molecule has 4 rings (SSSR count). The number of benzene rings is 3. The van der Waals surface area contributed by atoms with Crippen LogP contribution in [0, 0.1) is 6.92 Å². The highest BCUT2D eigenvalue weighted by atomic mass is 79.9. The van der Waals surface area contributed by atoms with Gasteiger partial charge in [0.25, 0.3) is 5.91 Å². The van der Waals surface area contributed by atoms with Crippen LogP contribution < -0.4 is 10.1 Å². The predicted molar refractivity (Wildman–Crippen MR) is 125 cm³/mol. The van der Waals surface area contributed by atoms with E-state index in [1.54, 1.807) is 36.5 Å². The molecule has 0 atom stereocenters. The Morgan fingerprint density at radius 1 is 1.16 bits per heavy atom. The van der Waals surface area contributed by atoms with Crippen molar-refractivity contribution < 1.29 is 19.1 Å². The van der Waals surface area contributed by atoms with Crippen molar-refractivity contribution in [2.24, 2.45) is 4.99 Å². The summed E-state index contributed by atoms with van der Waals surface area (Å²) in [6.07, 6.45) is 1.56. The van der Waals surface area contributed by atoms with E-state index in [0.717, 1.165) is 15.4 Å². The van der Waals surface area contributed by atoms with Crippen LogP contribution in [0.15, 0.2) is 74.5 Å². The Morgan fingerprint density at radius 2 is 1.97 bits per heavy atom. The van der Waals surface area contributed by atoms with Crippen molar-refractivity contribution in [3.05, 3.63) is 82.0 Å². The molecule has 1 heterocycles. The molecule has 0 saturated heterocycles. The highest BCUT2D eigenvalue weighted by Gasteiger charge is 2.13. The van der Waals surface area contributed by atoms with Gasteiger partial charge in [0.1, 0.15) is 5.58 Å². The van der Waals surface area contributed by atoms with Gasteiger partial charge in [-0.25, -0.2) is 0 Å². The van der Waals surface area contributed by atoms with E-state index in [9.17, 15) is 9.90 Å². The van der Waals surface area contributed by atoms with Gasteiger partial charge < -0.3 is 19.6 Å². The number of methoxy groups -OCH3 is 1. The summed E-state index contributed by atoms with van der Waals surface area (Å²) in [5.74, 6) is 0.306. The number of halogens is 1. The number of carbonyl (C=O) groups is 1. The lowest BCUT2D eigenvalue weighted by atomic mass is 10.1. The predicted octanol–water partition coefficient (Wildman–Crippen LogP) is 6.22. The summed E-state index contributed by atoms with van der Waals surface area (Å²) in [5, 5.41) is 14.0. The Balaban J connectivity index is 1.52. The van der Waals surface area contributed by atoms with Crippen LogP contribution in [0.3, 0.4) is 0 Å². The highest BCUT2D eigenvalue weighted by molar-refractivity contribution is 9.10. The van der Waals surface area contributed by atoms with Gasteiger partial charge in [-0.1, -0.05) is 34.1 Å². The van der Waals surface area contributed by atoms with Gasteiger partial charge >= 0.3 is 0 Å². The fourth-order valence-electron chi connectivity index (χ4n) is 3.14. The number of nitrogens with zero attached hydrogens (tertiary/aromatic N) is 1. The van der Waals surface area contributed by atoms with E-state index >= 15 is 0 Å². The molecule has 31 heavy (non-hydrogen) atoms. The maximum absolute atomic E-state index is 12.6. The summed E-state index contributed by atoms with van der Waals surface area (Å²) < 4.78 is 11.5. The molecule has 3 aromatic carbocycles. The molecule has 0 aliphatic rings. The number of aryl methyl sites for hydroxylation is 1. The van der Waals surface area contributed by atoms with E-state index in [4.69, 9.17) is 9.15 Å². The first-order valence-electron chi connectivity index (χ1n) is 9.46. The molecule has 0 unspecified atom stereocenters. The summed E-state index contributed by atoms with van der Waals surface area (Å²) in [6, 6.07) is 18.0. The number of hydrogen-bond acceptors (Lipinski definition) is 5. The summed E-state index contributed by atoms with van der Waals surface area (Å²) in [5.41, 5.74) is 3.37. The fourth-order valence-corrected chi connectivity index (χ4v) is 3.59. The number of amides is 1. The molecule has 2 N–H and O–H groups in total. The number of aromatic hydroxyl groups is 1. The highest BCUT2D eigenvalue weighted by Crippen LogP contribution is 2.33. The van der Waals surface area contributed by atoms with Crippen molar-refractivity contribution in [2.45, 2.75) is 6.92 Å². The third-order valence-electron chi connectivity index (χ3n) is 4.75. The molecule has 0 saturated carbocycles. The van der Waals surface area contributed by atoms with Crippen LogP contribution in [-0.4, -0.2) is 24.3 Å². The van der Waals surface area contributed by atoms with Crippen LogP contribution in [0.2, 0.25) is 0 Å². The lowest BCUT2D eigenvalue weighted by molar-refractivity contribution is 0.0998. The molecule has 4 aromatic rings. The van der Waals surface area contributed by atoms with Crippen molar-refractivity contribution in [1.82, 2.24) is 0 Å². The Morgan fingerprint density at radius 3 is 2.71 bits per heavy atom. The van der Waals surface area contributed by atoms with Crippen molar-refractivity contribution in [3.63, 3.8) is 0 Å². The zero-order chi connectivity index (χ0) is 22.0.